The van der Waals surface area contributed by atoms with Crippen molar-refractivity contribution in [2.45, 2.75) is 59.5 Å². The Hall–Kier alpha value is -1.06. The lowest BCUT2D eigenvalue weighted by Crippen LogP contribution is -2.68. The minimum Gasteiger partial charge on any atom is -0.340 e. The summed E-state index contributed by atoms with van der Waals surface area (Å²) in [6, 6.07) is -0.312. The second kappa shape index (κ2) is 5.29. The smallest absolute Gasteiger partial charge is 0.248 e. The van der Waals surface area contributed by atoms with Crippen LogP contribution in [0.1, 0.15) is 48.0 Å². The van der Waals surface area contributed by atoms with Crippen LogP contribution < -0.4 is 5.32 Å². The summed E-state index contributed by atoms with van der Waals surface area (Å²) in [5, 5.41) is 2.83. The molecule has 18 heavy (non-hydrogen) atoms. The van der Waals surface area contributed by atoms with Gasteiger partial charge < -0.3 is 10.2 Å². The first kappa shape index (κ1) is 15.0. The number of nitrogens with zero attached hydrogens (tertiary/aromatic N) is 1. The van der Waals surface area contributed by atoms with E-state index in [1.807, 2.05) is 0 Å². The standard InChI is InChI=1S/C14H26N2O2/c1-9(2)7-11-12(17)15-14(5,6)13(18)16(11)8-10(3)4/h9-11H,7-8H2,1-6H3,(H,15,17). The average molecular weight is 254 g/mol. The summed E-state index contributed by atoms with van der Waals surface area (Å²) in [5.74, 6) is 0.769. The molecule has 2 amide bonds. The van der Waals surface area contributed by atoms with Crippen LogP contribution in [-0.2, 0) is 9.59 Å². The van der Waals surface area contributed by atoms with Crippen molar-refractivity contribution in [2.75, 3.05) is 6.54 Å². The van der Waals surface area contributed by atoms with Crippen LogP contribution in [0.3, 0.4) is 0 Å². The summed E-state index contributed by atoms with van der Waals surface area (Å²) >= 11 is 0. The predicted octanol–water partition coefficient (Wildman–Crippen LogP) is 1.79. The van der Waals surface area contributed by atoms with E-state index in [9.17, 15) is 9.59 Å². The summed E-state index contributed by atoms with van der Waals surface area (Å²) in [4.78, 5) is 26.4. The molecule has 1 aliphatic heterocycles. The maximum atomic E-state index is 12.4. The number of carbonyl (C=O) groups excluding carboxylic acids is 2. The quantitative estimate of drug-likeness (QED) is 0.831. The molecule has 0 saturated carbocycles. The van der Waals surface area contributed by atoms with Crippen molar-refractivity contribution in [3.8, 4) is 0 Å². The molecule has 1 heterocycles. The lowest BCUT2D eigenvalue weighted by Gasteiger charge is -2.44. The number of nitrogens with one attached hydrogen (secondary N) is 1. The van der Waals surface area contributed by atoms with Crippen LogP contribution in [0.4, 0.5) is 0 Å². The SMILES string of the molecule is CC(C)CC1C(=O)NC(C)(C)C(=O)N1CC(C)C. The van der Waals surface area contributed by atoms with Gasteiger partial charge in [0.2, 0.25) is 11.8 Å². The molecule has 4 nitrogen and oxygen atoms in total. The third-order valence-corrected chi connectivity index (χ3v) is 3.17. The fraction of sp³-hybridized carbons (Fsp3) is 0.857. The molecule has 1 unspecified atom stereocenters. The van der Waals surface area contributed by atoms with Gasteiger partial charge in [-0.1, -0.05) is 27.7 Å². The molecule has 1 N–H and O–H groups in total. The molecule has 0 bridgehead atoms. The first-order valence-electron chi connectivity index (χ1n) is 6.78. The van der Waals surface area contributed by atoms with Crippen LogP contribution >= 0.6 is 0 Å². The second-order valence-electron chi connectivity index (χ2n) is 6.61. The highest BCUT2D eigenvalue weighted by atomic mass is 16.2. The van der Waals surface area contributed by atoms with Crippen molar-refractivity contribution in [2.24, 2.45) is 11.8 Å². The third-order valence-electron chi connectivity index (χ3n) is 3.17. The second-order valence-corrected chi connectivity index (χ2v) is 6.61. The minimum absolute atomic E-state index is 0.0195. The fourth-order valence-electron chi connectivity index (χ4n) is 2.37. The van der Waals surface area contributed by atoms with Crippen molar-refractivity contribution in [3.05, 3.63) is 0 Å². The van der Waals surface area contributed by atoms with E-state index < -0.39 is 5.54 Å². The highest BCUT2D eigenvalue weighted by molar-refractivity contribution is 5.99. The van der Waals surface area contributed by atoms with E-state index >= 15 is 0 Å². The van der Waals surface area contributed by atoms with E-state index in [1.165, 1.54) is 0 Å². The maximum Gasteiger partial charge on any atom is 0.248 e. The topological polar surface area (TPSA) is 49.4 Å². The van der Waals surface area contributed by atoms with Crippen LogP contribution in [0.5, 0.6) is 0 Å². The van der Waals surface area contributed by atoms with Gasteiger partial charge in [0, 0.05) is 6.54 Å². The molecule has 4 heteroatoms. The Kier molecular flexibility index (Phi) is 4.41. The summed E-state index contributed by atoms with van der Waals surface area (Å²) in [5.41, 5.74) is -0.778. The molecule has 0 aromatic heterocycles. The Morgan fingerprint density at radius 3 is 2.17 bits per heavy atom. The molecule has 0 aromatic carbocycles. The van der Waals surface area contributed by atoms with E-state index in [0.717, 1.165) is 6.42 Å². The third kappa shape index (κ3) is 3.24. The van der Waals surface area contributed by atoms with Crippen molar-refractivity contribution >= 4 is 11.8 Å². The number of rotatable bonds is 4. The van der Waals surface area contributed by atoms with Crippen LogP contribution in [0, 0.1) is 11.8 Å². The van der Waals surface area contributed by atoms with E-state index in [4.69, 9.17) is 0 Å². The van der Waals surface area contributed by atoms with Gasteiger partial charge in [0.25, 0.3) is 0 Å². The average Bonchev–Trinajstić information content (AvgIpc) is 2.18. The molecule has 1 atom stereocenters. The van der Waals surface area contributed by atoms with Crippen LogP contribution in [-0.4, -0.2) is 34.8 Å². The molecular formula is C14H26N2O2. The van der Waals surface area contributed by atoms with E-state index in [-0.39, 0.29) is 17.9 Å². The Bertz CT molecular complexity index is 335. The molecule has 1 rings (SSSR count). The van der Waals surface area contributed by atoms with Crippen LogP contribution in [0.25, 0.3) is 0 Å². The monoisotopic (exact) mass is 254 g/mol. The zero-order valence-electron chi connectivity index (χ0n) is 12.4. The van der Waals surface area contributed by atoms with Crippen molar-refractivity contribution in [3.63, 3.8) is 0 Å². The Balaban J connectivity index is 2.98. The van der Waals surface area contributed by atoms with Crippen LogP contribution in [0.2, 0.25) is 0 Å². The van der Waals surface area contributed by atoms with Gasteiger partial charge in [-0.05, 0) is 32.1 Å². The summed E-state index contributed by atoms with van der Waals surface area (Å²) in [6.07, 6.45) is 0.723. The molecule has 0 spiro atoms. The molecule has 1 fully saturated rings. The van der Waals surface area contributed by atoms with Gasteiger partial charge in [0.15, 0.2) is 0 Å². The number of carbonyl (C=O) groups is 2. The number of hydrogen-bond donors (Lipinski definition) is 1. The molecule has 0 aliphatic carbocycles. The number of amides is 2. The van der Waals surface area contributed by atoms with Gasteiger partial charge in [0.05, 0.1) is 0 Å². The fourth-order valence-corrected chi connectivity index (χ4v) is 2.37. The highest BCUT2D eigenvalue weighted by Crippen LogP contribution is 2.23. The van der Waals surface area contributed by atoms with Gasteiger partial charge in [-0.3, -0.25) is 9.59 Å². The Labute approximate surface area is 110 Å². The number of piperazine rings is 1. The molecule has 0 aromatic rings. The van der Waals surface area contributed by atoms with Gasteiger partial charge in [-0.25, -0.2) is 0 Å². The van der Waals surface area contributed by atoms with Gasteiger partial charge in [0.1, 0.15) is 11.6 Å². The Morgan fingerprint density at radius 2 is 1.72 bits per heavy atom. The van der Waals surface area contributed by atoms with Gasteiger partial charge >= 0.3 is 0 Å². The minimum atomic E-state index is -0.778. The van der Waals surface area contributed by atoms with Gasteiger partial charge in [-0.15, -0.1) is 0 Å². The van der Waals surface area contributed by atoms with Crippen molar-refractivity contribution < 1.29 is 9.59 Å². The maximum absolute atomic E-state index is 12.4. The molecule has 0 radical (unpaired) electrons. The van der Waals surface area contributed by atoms with Crippen LogP contribution in [0.15, 0.2) is 0 Å². The number of hydrogen-bond acceptors (Lipinski definition) is 2. The summed E-state index contributed by atoms with van der Waals surface area (Å²) < 4.78 is 0. The zero-order chi connectivity index (χ0) is 14.1. The first-order chi connectivity index (χ1) is 8.15. The van der Waals surface area contributed by atoms with E-state index in [0.29, 0.717) is 18.4 Å². The lowest BCUT2D eigenvalue weighted by atomic mass is 9.91. The van der Waals surface area contributed by atoms with Crippen molar-refractivity contribution in [1.29, 1.82) is 0 Å². The molecular weight excluding hydrogens is 228 g/mol. The van der Waals surface area contributed by atoms with Gasteiger partial charge in [-0.2, -0.15) is 0 Å². The largest absolute Gasteiger partial charge is 0.340 e. The summed E-state index contributed by atoms with van der Waals surface area (Å²) in [7, 11) is 0. The lowest BCUT2D eigenvalue weighted by molar-refractivity contribution is -0.154. The highest BCUT2D eigenvalue weighted by Gasteiger charge is 2.45. The normalized spacial score (nSPS) is 23.8. The van der Waals surface area contributed by atoms with Crippen molar-refractivity contribution in [1.82, 2.24) is 10.2 Å². The Morgan fingerprint density at radius 1 is 1.17 bits per heavy atom. The van der Waals surface area contributed by atoms with E-state index in [2.05, 4.69) is 33.0 Å². The summed E-state index contributed by atoms with van der Waals surface area (Å²) in [6.45, 7) is 12.5. The van der Waals surface area contributed by atoms with E-state index in [1.54, 1.807) is 18.7 Å². The first-order valence-corrected chi connectivity index (χ1v) is 6.78. The predicted molar refractivity (Wildman–Crippen MR) is 72.0 cm³/mol. The zero-order valence-corrected chi connectivity index (χ0v) is 12.4. The molecule has 104 valence electrons. The molecule has 1 saturated heterocycles. The molecule has 1 aliphatic rings.